The topological polar surface area (TPSA) is 159 Å². The molecule has 1 fully saturated rings. The van der Waals surface area contributed by atoms with Crippen molar-refractivity contribution in [2.24, 2.45) is 0 Å². The summed E-state index contributed by atoms with van der Waals surface area (Å²) in [6, 6.07) is 17.6. The molecule has 0 radical (unpaired) electrons. The standard InChI is InChI=1S/C28H33O13P/c1-18(29)34-17-24-25(37-19(2)30)26(38-20(3)31)27(39-21(4)32)28(40-24)41-42(33,35-15-22-11-7-5-8-12-22)36-16-23-13-9-6-10-14-23/h5-14,24-28H,15-17H2,1-4H3/t24?,25-,26+,27-,28?/m1/s1. The van der Waals surface area contributed by atoms with Gasteiger partial charge in [-0.05, 0) is 11.1 Å². The molecular formula is C28H33O13P. The number of esters is 4. The van der Waals surface area contributed by atoms with Crippen molar-refractivity contribution in [3.05, 3.63) is 71.8 Å². The largest absolute Gasteiger partial charge is 0.477 e. The number of hydrogen-bond acceptors (Lipinski definition) is 13. The third-order valence-electron chi connectivity index (χ3n) is 5.65. The monoisotopic (exact) mass is 608 g/mol. The molecular weight excluding hydrogens is 575 g/mol. The van der Waals surface area contributed by atoms with Crippen LogP contribution in [0.3, 0.4) is 0 Å². The van der Waals surface area contributed by atoms with Gasteiger partial charge in [0.15, 0.2) is 18.3 Å². The lowest BCUT2D eigenvalue weighted by atomic mass is 9.98. The maximum atomic E-state index is 14.1. The predicted octanol–water partition coefficient (Wildman–Crippen LogP) is 3.63. The molecule has 0 aliphatic carbocycles. The van der Waals surface area contributed by atoms with Gasteiger partial charge in [-0.25, -0.2) is 4.57 Å². The summed E-state index contributed by atoms with van der Waals surface area (Å²) in [7, 11) is -4.54. The summed E-state index contributed by atoms with van der Waals surface area (Å²) in [6.07, 6.45) is -7.62. The highest BCUT2D eigenvalue weighted by Crippen LogP contribution is 2.53. The van der Waals surface area contributed by atoms with Crippen molar-refractivity contribution in [3.63, 3.8) is 0 Å². The molecule has 0 bridgehead atoms. The van der Waals surface area contributed by atoms with E-state index in [9.17, 15) is 23.7 Å². The second-order valence-electron chi connectivity index (χ2n) is 9.14. The predicted molar refractivity (Wildman–Crippen MR) is 143 cm³/mol. The van der Waals surface area contributed by atoms with E-state index in [-0.39, 0.29) is 13.2 Å². The van der Waals surface area contributed by atoms with Crippen LogP contribution in [0, 0.1) is 0 Å². The molecule has 0 spiro atoms. The molecule has 14 heteroatoms. The lowest BCUT2D eigenvalue weighted by Gasteiger charge is -2.44. The molecule has 2 aromatic rings. The van der Waals surface area contributed by atoms with Gasteiger partial charge in [0.2, 0.25) is 6.29 Å². The highest BCUT2D eigenvalue weighted by atomic mass is 31.2. The molecule has 0 saturated carbocycles. The summed E-state index contributed by atoms with van der Waals surface area (Å²) in [5.41, 5.74) is 1.29. The van der Waals surface area contributed by atoms with E-state index in [0.717, 1.165) is 27.7 Å². The van der Waals surface area contributed by atoms with Gasteiger partial charge in [-0.3, -0.25) is 32.7 Å². The van der Waals surface area contributed by atoms with Gasteiger partial charge in [0.05, 0.1) is 13.2 Å². The molecule has 5 atom stereocenters. The fourth-order valence-corrected chi connectivity index (χ4v) is 5.19. The van der Waals surface area contributed by atoms with Crippen LogP contribution in [0.15, 0.2) is 60.7 Å². The van der Waals surface area contributed by atoms with E-state index in [2.05, 4.69) is 0 Å². The molecule has 13 nitrogen and oxygen atoms in total. The van der Waals surface area contributed by atoms with E-state index in [1.807, 2.05) is 0 Å². The van der Waals surface area contributed by atoms with Crippen LogP contribution in [0.4, 0.5) is 0 Å². The van der Waals surface area contributed by atoms with Gasteiger partial charge in [0, 0.05) is 27.7 Å². The normalized spacial score (nSPS) is 22.0. The van der Waals surface area contributed by atoms with Gasteiger partial charge < -0.3 is 23.7 Å². The summed E-state index contributed by atoms with van der Waals surface area (Å²) in [5, 5.41) is 0. The quantitative estimate of drug-likeness (QED) is 0.184. The number of carbonyl (C=O) groups excluding carboxylic acids is 4. The maximum Gasteiger partial charge on any atom is 0.477 e. The molecule has 228 valence electrons. The van der Waals surface area contributed by atoms with E-state index >= 15 is 0 Å². The van der Waals surface area contributed by atoms with Crippen molar-refractivity contribution in [1.82, 2.24) is 0 Å². The molecule has 1 aliphatic heterocycles. The van der Waals surface area contributed by atoms with E-state index in [1.54, 1.807) is 60.7 Å². The Hall–Kier alpha value is -3.61. The fourth-order valence-electron chi connectivity index (χ4n) is 3.95. The Bertz CT molecular complexity index is 1210. The Kier molecular flexibility index (Phi) is 12.2. The lowest BCUT2D eigenvalue weighted by Crippen LogP contribution is -2.62. The smallest absolute Gasteiger partial charge is 0.463 e. The lowest BCUT2D eigenvalue weighted by molar-refractivity contribution is -0.292. The second kappa shape index (κ2) is 15.6. The minimum atomic E-state index is -4.54. The first kappa shape index (κ1) is 32.9. The summed E-state index contributed by atoms with van der Waals surface area (Å²) in [4.78, 5) is 47.7. The first-order chi connectivity index (χ1) is 20.0. The number of phosphoric acid groups is 1. The van der Waals surface area contributed by atoms with Crippen LogP contribution in [0.1, 0.15) is 38.8 Å². The maximum absolute atomic E-state index is 14.1. The first-order valence-corrected chi connectivity index (χ1v) is 14.4. The van der Waals surface area contributed by atoms with Gasteiger partial charge in [-0.2, -0.15) is 0 Å². The Balaban J connectivity index is 1.98. The van der Waals surface area contributed by atoms with Gasteiger partial charge in [-0.15, -0.1) is 0 Å². The van der Waals surface area contributed by atoms with Crippen LogP contribution in [-0.2, 0) is 74.2 Å². The van der Waals surface area contributed by atoms with E-state index in [1.165, 1.54) is 0 Å². The van der Waals surface area contributed by atoms with Crippen LogP contribution >= 0.6 is 7.82 Å². The van der Waals surface area contributed by atoms with Crippen LogP contribution in [0.25, 0.3) is 0 Å². The Morgan fingerprint density at radius 2 is 1.12 bits per heavy atom. The van der Waals surface area contributed by atoms with Crippen LogP contribution < -0.4 is 0 Å². The number of rotatable bonds is 13. The molecule has 0 N–H and O–H groups in total. The van der Waals surface area contributed by atoms with Crippen LogP contribution in [0.2, 0.25) is 0 Å². The number of benzene rings is 2. The summed E-state index contributed by atoms with van der Waals surface area (Å²) in [5.74, 6) is -3.16. The number of phosphoric ester groups is 1. The molecule has 1 heterocycles. The molecule has 2 unspecified atom stereocenters. The van der Waals surface area contributed by atoms with Gasteiger partial charge in [0.1, 0.15) is 12.7 Å². The van der Waals surface area contributed by atoms with E-state index in [0.29, 0.717) is 11.1 Å². The zero-order valence-electron chi connectivity index (χ0n) is 23.5. The first-order valence-electron chi connectivity index (χ1n) is 12.9. The Morgan fingerprint density at radius 1 is 0.667 bits per heavy atom. The van der Waals surface area contributed by atoms with Crippen molar-refractivity contribution in [1.29, 1.82) is 0 Å². The van der Waals surface area contributed by atoms with Crippen molar-refractivity contribution in [2.45, 2.75) is 71.6 Å². The van der Waals surface area contributed by atoms with Crippen LogP contribution in [-0.4, -0.2) is 61.2 Å². The SMILES string of the molecule is CC(=O)OCC1OC(OP(=O)(OCc2ccccc2)OCc2ccccc2)[C@H](OC(C)=O)[C@@H](OC(C)=O)[C@@H]1OC(C)=O. The van der Waals surface area contributed by atoms with Crippen molar-refractivity contribution >= 4 is 31.7 Å². The van der Waals surface area contributed by atoms with Crippen molar-refractivity contribution in [2.75, 3.05) is 6.61 Å². The average Bonchev–Trinajstić information content (AvgIpc) is 2.93. The van der Waals surface area contributed by atoms with Gasteiger partial charge >= 0.3 is 31.7 Å². The van der Waals surface area contributed by atoms with Crippen molar-refractivity contribution in [3.8, 4) is 0 Å². The molecule has 1 saturated heterocycles. The molecule has 0 amide bonds. The fraction of sp³-hybridized carbons (Fsp3) is 0.429. The number of carbonyl (C=O) groups is 4. The zero-order chi connectivity index (χ0) is 30.7. The summed E-state index contributed by atoms with van der Waals surface area (Å²) < 4.78 is 58.2. The molecule has 0 aromatic heterocycles. The molecule has 1 aliphatic rings. The summed E-state index contributed by atoms with van der Waals surface area (Å²) in [6.45, 7) is 3.52. The van der Waals surface area contributed by atoms with Crippen LogP contribution in [0.5, 0.6) is 0 Å². The molecule has 42 heavy (non-hydrogen) atoms. The highest BCUT2D eigenvalue weighted by Gasteiger charge is 2.55. The van der Waals surface area contributed by atoms with Gasteiger partial charge in [-0.1, -0.05) is 60.7 Å². The zero-order valence-corrected chi connectivity index (χ0v) is 24.4. The molecule has 3 rings (SSSR count). The highest BCUT2D eigenvalue weighted by molar-refractivity contribution is 7.48. The number of ether oxygens (including phenoxy) is 5. The van der Waals surface area contributed by atoms with E-state index < -0.39 is 69.0 Å². The second-order valence-corrected chi connectivity index (χ2v) is 10.8. The minimum Gasteiger partial charge on any atom is -0.463 e. The minimum absolute atomic E-state index is 0.196. The number of hydrogen-bond donors (Lipinski definition) is 0. The molecule has 2 aromatic carbocycles. The van der Waals surface area contributed by atoms with Gasteiger partial charge in [0.25, 0.3) is 0 Å². The Morgan fingerprint density at radius 3 is 1.57 bits per heavy atom. The van der Waals surface area contributed by atoms with E-state index in [4.69, 9.17) is 37.3 Å². The third-order valence-corrected chi connectivity index (χ3v) is 7.00. The summed E-state index contributed by atoms with van der Waals surface area (Å²) >= 11 is 0. The average molecular weight is 609 g/mol. The third kappa shape index (κ3) is 10.3. The van der Waals surface area contributed by atoms with Crippen molar-refractivity contribution < 1.29 is 61.0 Å². The Labute approximate surface area is 242 Å².